The minimum Gasteiger partial charge on any atom is -0.510 e. The number of imidazole rings is 1. The second kappa shape index (κ2) is 6.12. The number of aliphatic hydroxyl groups is 1. The summed E-state index contributed by atoms with van der Waals surface area (Å²) in [5.41, 5.74) is 2.49. The van der Waals surface area contributed by atoms with Gasteiger partial charge < -0.3 is 9.67 Å². The van der Waals surface area contributed by atoms with Gasteiger partial charge in [0.2, 0.25) is 0 Å². The van der Waals surface area contributed by atoms with Gasteiger partial charge in [-0.3, -0.25) is 0 Å². The predicted molar refractivity (Wildman–Crippen MR) is 81.9 cm³/mol. The summed E-state index contributed by atoms with van der Waals surface area (Å²) < 4.78 is 15.2. The monoisotopic (exact) mass is 303 g/mol. The summed E-state index contributed by atoms with van der Waals surface area (Å²) >= 11 is 0. The molecular formula is C17H22FN3O. The van der Waals surface area contributed by atoms with Gasteiger partial charge in [-0.2, -0.15) is 5.26 Å². The van der Waals surface area contributed by atoms with E-state index in [4.69, 9.17) is 0 Å². The molecule has 118 valence electrons. The summed E-state index contributed by atoms with van der Waals surface area (Å²) in [6, 6.07) is 2.13. The Kier molecular flexibility index (Phi) is 4.19. The summed E-state index contributed by atoms with van der Waals surface area (Å²) in [5, 5.41) is 20.1. The van der Waals surface area contributed by atoms with E-state index in [1.807, 2.05) is 11.6 Å². The standard InChI is InChI=1S/C17H22FN3O/c1-21-15-5-3-2-4-14(15)20-17(21)13(10-19)16(22)11-6-8-12(18)9-7-11/h11-12,22H,2-9H2,1H3/b16-13+. The van der Waals surface area contributed by atoms with E-state index in [1.54, 1.807) is 0 Å². The molecule has 0 atom stereocenters. The van der Waals surface area contributed by atoms with Crippen molar-refractivity contribution in [2.24, 2.45) is 13.0 Å². The van der Waals surface area contributed by atoms with Gasteiger partial charge in [-0.05, 0) is 51.4 Å². The molecule has 0 bridgehead atoms. The number of aliphatic hydroxyl groups excluding tert-OH is 1. The first-order valence-electron chi connectivity index (χ1n) is 8.14. The van der Waals surface area contributed by atoms with Gasteiger partial charge >= 0.3 is 0 Å². The highest BCUT2D eigenvalue weighted by atomic mass is 19.1. The van der Waals surface area contributed by atoms with Crippen LogP contribution in [0.4, 0.5) is 4.39 Å². The molecule has 0 aromatic carbocycles. The summed E-state index contributed by atoms with van der Waals surface area (Å²) in [6.45, 7) is 0. The van der Waals surface area contributed by atoms with Crippen molar-refractivity contribution in [3.05, 3.63) is 23.0 Å². The zero-order valence-corrected chi connectivity index (χ0v) is 13.0. The Labute approximate surface area is 130 Å². The van der Waals surface area contributed by atoms with Gasteiger partial charge in [0.1, 0.15) is 23.6 Å². The molecule has 0 amide bonds. The Bertz CT molecular complexity index is 633. The Morgan fingerprint density at radius 2 is 1.95 bits per heavy atom. The van der Waals surface area contributed by atoms with E-state index in [-0.39, 0.29) is 17.3 Å². The summed E-state index contributed by atoms with van der Waals surface area (Å²) in [5.74, 6) is 0.546. The molecule has 0 saturated heterocycles. The largest absolute Gasteiger partial charge is 0.510 e. The lowest BCUT2D eigenvalue weighted by atomic mass is 9.85. The fourth-order valence-corrected chi connectivity index (χ4v) is 3.66. The van der Waals surface area contributed by atoms with Gasteiger partial charge in [0, 0.05) is 18.7 Å². The lowest BCUT2D eigenvalue weighted by Crippen LogP contribution is -2.18. The lowest BCUT2D eigenvalue weighted by molar-refractivity contribution is 0.192. The van der Waals surface area contributed by atoms with Crippen molar-refractivity contribution in [2.75, 3.05) is 0 Å². The molecular weight excluding hydrogens is 281 g/mol. The van der Waals surface area contributed by atoms with Crippen LogP contribution in [0.5, 0.6) is 0 Å². The number of allylic oxidation sites excluding steroid dienone is 2. The number of hydrogen-bond acceptors (Lipinski definition) is 3. The molecule has 1 aromatic heterocycles. The molecule has 1 aromatic rings. The van der Waals surface area contributed by atoms with E-state index >= 15 is 0 Å². The van der Waals surface area contributed by atoms with Crippen LogP contribution < -0.4 is 0 Å². The van der Waals surface area contributed by atoms with Crippen molar-refractivity contribution >= 4 is 5.57 Å². The topological polar surface area (TPSA) is 61.8 Å². The van der Waals surface area contributed by atoms with Gasteiger partial charge in [-0.15, -0.1) is 0 Å². The minimum absolute atomic E-state index is 0.0971. The number of nitriles is 1. The molecule has 1 fully saturated rings. The predicted octanol–water partition coefficient (Wildman–Crippen LogP) is 3.62. The van der Waals surface area contributed by atoms with Crippen LogP contribution in [0.3, 0.4) is 0 Å². The van der Waals surface area contributed by atoms with Crippen LogP contribution in [0.1, 0.15) is 55.7 Å². The normalized spacial score (nSPS) is 26.0. The molecule has 0 unspecified atom stereocenters. The van der Waals surface area contributed by atoms with Crippen molar-refractivity contribution < 1.29 is 9.50 Å². The number of alkyl halides is 1. The summed E-state index contributed by atoms with van der Waals surface area (Å²) in [4.78, 5) is 4.60. The van der Waals surface area contributed by atoms with Crippen LogP contribution >= 0.6 is 0 Å². The average molecular weight is 303 g/mol. The van der Waals surface area contributed by atoms with Gasteiger partial charge in [0.25, 0.3) is 0 Å². The smallest absolute Gasteiger partial charge is 0.154 e. The van der Waals surface area contributed by atoms with E-state index in [0.717, 1.165) is 31.4 Å². The fourth-order valence-electron chi connectivity index (χ4n) is 3.66. The van der Waals surface area contributed by atoms with E-state index in [0.29, 0.717) is 31.5 Å². The third-order valence-electron chi connectivity index (χ3n) is 5.01. The van der Waals surface area contributed by atoms with Crippen LogP contribution in [-0.2, 0) is 19.9 Å². The number of rotatable bonds is 2. The molecule has 1 N–H and O–H groups in total. The zero-order valence-electron chi connectivity index (χ0n) is 13.0. The molecule has 3 rings (SSSR count). The average Bonchev–Trinajstić information content (AvgIpc) is 2.86. The summed E-state index contributed by atoms with van der Waals surface area (Å²) in [7, 11) is 1.91. The Morgan fingerprint density at radius 1 is 1.27 bits per heavy atom. The maximum atomic E-state index is 13.3. The Morgan fingerprint density at radius 3 is 2.59 bits per heavy atom. The molecule has 1 saturated carbocycles. The number of halogens is 1. The van der Waals surface area contributed by atoms with Crippen molar-refractivity contribution in [3.63, 3.8) is 0 Å². The Balaban J connectivity index is 1.95. The molecule has 2 aliphatic rings. The van der Waals surface area contributed by atoms with Crippen LogP contribution in [0, 0.1) is 17.2 Å². The second-order valence-corrected chi connectivity index (χ2v) is 6.42. The molecule has 5 heteroatoms. The van der Waals surface area contributed by atoms with Crippen molar-refractivity contribution in [3.8, 4) is 6.07 Å². The van der Waals surface area contributed by atoms with Crippen LogP contribution in [0.25, 0.3) is 5.57 Å². The number of aryl methyl sites for hydroxylation is 1. The quantitative estimate of drug-likeness (QED) is 0.670. The van der Waals surface area contributed by atoms with Crippen LogP contribution in [0.15, 0.2) is 5.76 Å². The molecule has 4 nitrogen and oxygen atoms in total. The molecule has 0 radical (unpaired) electrons. The first-order valence-corrected chi connectivity index (χ1v) is 8.14. The third-order valence-corrected chi connectivity index (χ3v) is 5.01. The van der Waals surface area contributed by atoms with Crippen molar-refractivity contribution in [1.82, 2.24) is 9.55 Å². The second-order valence-electron chi connectivity index (χ2n) is 6.42. The lowest BCUT2D eigenvalue weighted by Gasteiger charge is -2.24. The molecule has 0 spiro atoms. The van der Waals surface area contributed by atoms with Crippen LogP contribution in [0.2, 0.25) is 0 Å². The number of fused-ring (bicyclic) bond motifs is 1. The number of aromatic nitrogens is 2. The summed E-state index contributed by atoms with van der Waals surface area (Å²) in [6.07, 6.45) is 5.54. The van der Waals surface area contributed by atoms with E-state index in [2.05, 4.69) is 11.1 Å². The first kappa shape index (κ1) is 15.1. The van der Waals surface area contributed by atoms with Crippen LogP contribution in [-0.4, -0.2) is 20.8 Å². The highest BCUT2D eigenvalue weighted by molar-refractivity contribution is 5.75. The first-order chi connectivity index (χ1) is 10.6. The fraction of sp³-hybridized carbons (Fsp3) is 0.647. The molecule has 0 aliphatic heterocycles. The number of nitrogens with zero attached hydrogens (tertiary/aromatic N) is 3. The van der Waals surface area contributed by atoms with E-state index in [1.165, 1.54) is 5.69 Å². The molecule has 1 heterocycles. The number of hydrogen-bond donors (Lipinski definition) is 1. The van der Waals surface area contributed by atoms with Gasteiger partial charge in [0.05, 0.1) is 5.69 Å². The van der Waals surface area contributed by atoms with Gasteiger partial charge in [-0.25, -0.2) is 9.37 Å². The van der Waals surface area contributed by atoms with Crippen molar-refractivity contribution in [2.45, 2.75) is 57.5 Å². The highest BCUT2D eigenvalue weighted by Crippen LogP contribution is 2.34. The maximum absolute atomic E-state index is 13.3. The SMILES string of the molecule is Cn1c(/C(C#N)=C(/O)C2CCC(F)CC2)nc2c1CCCC2. The van der Waals surface area contributed by atoms with Crippen molar-refractivity contribution in [1.29, 1.82) is 5.26 Å². The maximum Gasteiger partial charge on any atom is 0.154 e. The highest BCUT2D eigenvalue weighted by Gasteiger charge is 2.28. The third kappa shape index (κ3) is 2.63. The Hall–Kier alpha value is -1.83. The van der Waals surface area contributed by atoms with Gasteiger partial charge in [-0.1, -0.05) is 0 Å². The van der Waals surface area contributed by atoms with E-state index in [9.17, 15) is 14.8 Å². The molecule has 22 heavy (non-hydrogen) atoms. The minimum atomic E-state index is -0.768. The van der Waals surface area contributed by atoms with Gasteiger partial charge in [0.15, 0.2) is 5.82 Å². The molecule has 2 aliphatic carbocycles. The zero-order chi connectivity index (χ0) is 15.7. The van der Waals surface area contributed by atoms with E-state index < -0.39 is 6.17 Å².